The summed E-state index contributed by atoms with van der Waals surface area (Å²) in [4.78, 5) is 29.8. The van der Waals surface area contributed by atoms with E-state index in [9.17, 15) is 9.90 Å². The molecule has 53 heavy (non-hydrogen) atoms. The Kier molecular flexibility index (Phi) is 10.8. The van der Waals surface area contributed by atoms with E-state index in [1.807, 2.05) is 65.7 Å². The number of rotatable bonds is 12. The standard InChI is InChI=1S/C40H49ClN6O5Si/c1-26-37(53(3,4)33-14-12-32(51-2)13-15-33)36(17-20-46-25-31(18-21-48)44-45-46)52-40(26)34-22-29(41)9-16-35(34)47(39(40)50)24-27-7-10-30(11-8-27)43-38(49)28-6-5-19-42-23-28/h7-16,22,25-26,28,36-37,42,48H,5-6,17-21,23-24H2,1-4H3,(H,43,49)/t26-,28?,36+,37-,40+/m1/s1. The molecular weight excluding hydrogens is 708 g/mol. The Morgan fingerprint density at radius 1 is 1.15 bits per heavy atom. The van der Waals surface area contributed by atoms with Gasteiger partial charge in [0.25, 0.3) is 5.91 Å². The Morgan fingerprint density at radius 3 is 2.62 bits per heavy atom. The number of ether oxygens (including phenoxy) is 2. The van der Waals surface area contributed by atoms with Gasteiger partial charge in [-0.2, -0.15) is 0 Å². The molecule has 7 rings (SSSR count). The number of carbonyl (C=O) groups is 2. The van der Waals surface area contributed by atoms with E-state index in [0.717, 1.165) is 53.3 Å². The predicted octanol–water partition coefficient (Wildman–Crippen LogP) is 5.27. The van der Waals surface area contributed by atoms with Crippen molar-refractivity contribution in [2.24, 2.45) is 11.8 Å². The van der Waals surface area contributed by atoms with Crippen molar-refractivity contribution in [2.75, 3.05) is 37.0 Å². The molecule has 4 aromatic rings. The Labute approximate surface area is 317 Å². The second-order valence-electron chi connectivity index (χ2n) is 15.2. The van der Waals surface area contributed by atoms with Crippen LogP contribution >= 0.6 is 11.6 Å². The number of aliphatic hydroxyl groups excluding tert-OH is 1. The highest BCUT2D eigenvalue weighted by molar-refractivity contribution is 6.91. The summed E-state index contributed by atoms with van der Waals surface area (Å²) in [5.41, 5.74) is 2.81. The summed E-state index contributed by atoms with van der Waals surface area (Å²) in [6, 6.07) is 21.7. The smallest absolute Gasteiger partial charge is 0.264 e. The molecule has 2 saturated heterocycles. The average molecular weight is 757 g/mol. The van der Waals surface area contributed by atoms with Crippen molar-refractivity contribution in [3.05, 3.63) is 94.8 Å². The van der Waals surface area contributed by atoms with Gasteiger partial charge >= 0.3 is 0 Å². The molecule has 13 heteroatoms. The number of methoxy groups -OCH3 is 1. The molecular formula is C40H49ClN6O5Si. The van der Waals surface area contributed by atoms with E-state index in [-0.39, 0.29) is 41.9 Å². The van der Waals surface area contributed by atoms with E-state index in [4.69, 9.17) is 21.1 Å². The van der Waals surface area contributed by atoms with E-state index < -0.39 is 13.7 Å². The molecule has 0 bridgehead atoms. The number of nitrogens with zero attached hydrogens (tertiary/aromatic N) is 4. The van der Waals surface area contributed by atoms with Gasteiger partial charge in [-0.1, -0.05) is 66.3 Å². The van der Waals surface area contributed by atoms with Crippen LogP contribution in [0.15, 0.2) is 72.9 Å². The number of nitrogens with one attached hydrogen (secondary N) is 2. The fourth-order valence-corrected chi connectivity index (χ4v) is 13.1. The highest BCUT2D eigenvalue weighted by Crippen LogP contribution is 2.60. The lowest BCUT2D eigenvalue weighted by molar-refractivity contribution is -0.146. The van der Waals surface area contributed by atoms with Crippen LogP contribution in [-0.4, -0.2) is 72.9 Å². The van der Waals surface area contributed by atoms with Gasteiger partial charge in [-0.15, -0.1) is 5.10 Å². The molecule has 3 aliphatic rings. The molecule has 1 aromatic heterocycles. The minimum Gasteiger partial charge on any atom is -0.497 e. The van der Waals surface area contributed by atoms with Gasteiger partial charge in [-0.25, -0.2) is 0 Å². The Balaban J connectivity index is 1.19. The number of hydrogen-bond acceptors (Lipinski definition) is 8. The third-order valence-electron chi connectivity index (χ3n) is 11.6. The van der Waals surface area contributed by atoms with Crippen molar-refractivity contribution in [1.82, 2.24) is 20.3 Å². The summed E-state index contributed by atoms with van der Waals surface area (Å²) in [6.45, 7) is 9.44. The lowest BCUT2D eigenvalue weighted by Gasteiger charge is -2.37. The first-order valence-corrected chi connectivity index (χ1v) is 22.1. The molecule has 1 unspecified atom stereocenters. The fraction of sp³-hybridized carbons (Fsp3) is 0.450. The maximum absolute atomic E-state index is 15.1. The second-order valence-corrected chi connectivity index (χ2v) is 20.3. The minimum absolute atomic E-state index is 0.00775. The zero-order valence-corrected chi connectivity index (χ0v) is 32.6. The number of fused-ring (bicyclic) bond motifs is 2. The van der Waals surface area contributed by atoms with E-state index in [0.29, 0.717) is 37.5 Å². The zero-order chi connectivity index (χ0) is 37.3. The largest absolute Gasteiger partial charge is 0.497 e. The number of anilines is 2. The lowest BCUT2D eigenvalue weighted by Crippen LogP contribution is -2.51. The van der Waals surface area contributed by atoms with Crippen molar-refractivity contribution in [3.63, 3.8) is 0 Å². The molecule has 5 atom stereocenters. The first-order valence-electron chi connectivity index (χ1n) is 18.6. The molecule has 0 saturated carbocycles. The van der Waals surface area contributed by atoms with E-state index >= 15 is 4.79 Å². The molecule has 2 fully saturated rings. The third kappa shape index (κ3) is 7.15. The van der Waals surface area contributed by atoms with E-state index in [1.165, 1.54) is 5.19 Å². The molecule has 1 spiro atoms. The molecule has 4 heterocycles. The van der Waals surface area contributed by atoms with Crippen LogP contribution in [0, 0.1) is 11.8 Å². The van der Waals surface area contributed by atoms with Crippen molar-refractivity contribution in [3.8, 4) is 5.75 Å². The van der Waals surface area contributed by atoms with Crippen LogP contribution in [0.1, 0.15) is 43.0 Å². The first-order chi connectivity index (χ1) is 25.5. The number of benzene rings is 3. The maximum atomic E-state index is 15.1. The SMILES string of the molecule is COc1ccc([Si](C)(C)[C@H]2[C@H](CCn3cc(CCO)nn3)O[C@@]3(C(=O)N(Cc4ccc(NC(=O)C5CCCNC5)cc4)c4ccc(Cl)cc43)[C@@H]2C)cc1. The normalized spacial score (nSPS) is 24.1. The van der Waals surface area contributed by atoms with Gasteiger partial charge in [0.1, 0.15) is 5.75 Å². The minimum atomic E-state index is -2.34. The summed E-state index contributed by atoms with van der Waals surface area (Å²) < 4.78 is 14.5. The maximum Gasteiger partial charge on any atom is 0.264 e. The summed E-state index contributed by atoms with van der Waals surface area (Å²) >= 11 is 6.70. The molecule has 3 aromatic carbocycles. The van der Waals surface area contributed by atoms with Gasteiger partial charge in [0.05, 0.1) is 45.1 Å². The number of hydrogen-bond donors (Lipinski definition) is 3. The van der Waals surface area contributed by atoms with Gasteiger partial charge in [0.15, 0.2) is 5.60 Å². The molecule has 3 aliphatic heterocycles. The first kappa shape index (κ1) is 37.3. The van der Waals surface area contributed by atoms with Crippen LogP contribution < -0.4 is 25.5 Å². The number of amides is 2. The number of carbonyl (C=O) groups excluding carboxylic acids is 2. The Bertz CT molecular complexity index is 1930. The Hall–Kier alpha value is -4.07. The van der Waals surface area contributed by atoms with Crippen molar-refractivity contribution < 1.29 is 24.2 Å². The highest BCUT2D eigenvalue weighted by atomic mass is 35.5. The third-order valence-corrected chi connectivity index (χ3v) is 16.2. The number of aromatic nitrogens is 3. The topological polar surface area (TPSA) is 131 Å². The van der Waals surface area contributed by atoms with Crippen molar-refractivity contribution >= 4 is 48.1 Å². The monoisotopic (exact) mass is 756 g/mol. The summed E-state index contributed by atoms with van der Waals surface area (Å²) in [6.07, 6.45) is 4.54. The van der Waals surface area contributed by atoms with Gasteiger partial charge in [-0.05, 0) is 79.4 Å². The van der Waals surface area contributed by atoms with Gasteiger partial charge in [0, 0.05) is 54.5 Å². The van der Waals surface area contributed by atoms with E-state index in [2.05, 4.69) is 53.1 Å². The molecule has 0 radical (unpaired) electrons. The second kappa shape index (κ2) is 15.3. The van der Waals surface area contributed by atoms with Crippen LogP contribution in [0.4, 0.5) is 11.4 Å². The van der Waals surface area contributed by atoms with Gasteiger partial charge in [0.2, 0.25) is 5.91 Å². The van der Waals surface area contributed by atoms with Crippen LogP contribution in [0.25, 0.3) is 0 Å². The average Bonchev–Trinajstić information content (AvgIpc) is 3.81. The molecule has 280 valence electrons. The number of aryl methyl sites for hydroxylation is 1. The van der Waals surface area contributed by atoms with E-state index in [1.54, 1.807) is 11.8 Å². The zero-order valence-electron chi connectivity index (χ0n) is 30.8. The summed E-state index contributed by atoms with van der Waals surface area (Å²) in [5, 5.41) is 26.1. The van der Waals surface area contributed by atoms with Crippen molar-refractivity contribution in [2.45, 2.75) is 76.0 Å². The summed E-state index contributed by atoms with van der Waals surface area (Å²) in [5.74, 6) is 0.513. The van der Waals surface area contributed by atoms with Crippen LogP contribution in [0.3, 0.4) is 0 Å². The number of piperidine rings is 1. The molecule has 0 aliphatic carbocycles. The quantitative estimate of drug-likeness (QED) is 0.167. The summed E-state index contributed by atoms with van der Waals surface area (Å²) in [7, 11) is -0.672. The van der Waals surface area contributed by atoms with Gasteiger partial charge < -0.3 is 30.1 Å². The highest BCUT2D eigenvalue weighted by Gasteiger charge is 2.66. The van der Waals surface area contributed by atoms with Crippen LogP contribution in [0.2, 0.25) is 23.7 Å². The molecule has 11 nitrogen and oxygen atoms in total. The van der Waals surface area contributed by atoms with Gasteiger partial charge in [-0.3, -0.25) is 14.3 Å². The predicted molar refractivity (Wildman–Crippen MR) is 208 cm³/mol. The number of aliphatic hydroxyl groups is 1. The van der Waals surface area contributed by atoms with Crippen LogP contribution in [0.5, 0.6) is 5.75 Å². The van der Waals surface area contributed by atoms with Crippen LogP contribution in [-0.2, 0) is 39.4 Å². The molecule has 3 N–H and O–H groups in total. The van der Waals surface area contributed by atoms with Crippen molar-refractivity contribution in [1.29, 1.82) is 0 Å². The molecule has 2 amide bonds. The Morgan fingerprint density at radius 2 is 1.92 bits per heavy atom. The fourth-order valence-electron chi connectivity index (χ4n) is 8.85. The lowest BCUT2D eigenvalue weighted by atomic mass is 9.82. The number of halogens is 1.